The van der Waals surface area contributed by atoms with Crippen molar-refractivity contribution in [1.82, 2.24) is 10.3 Å². The van der Waals surface area contributed by atoms with Crippen molar-refractivity contribution < 1.29 is 0 Å². The molecule has 0 amide bonds. The van der Waals surface area contributed by atoms with Crippen LogP contribution in [0.2, 0.25) is 0 Å². The standard InChI is InChI=1S/C16H24N2/c1-14(2,3)18-12-16(10-15(11-16)6-7-15)13-5-4-8-17-9-13/h4-5,8-9,18H,6-7,10-12H2,1-3H3. The van der Waals surface area contributed by atoms with Gasteiger partial charge in [0.1, 0.15) is 0 Å². The molecule has 2 aliphatic carbocycles. The van der Waals surface area contributed by atoms with Crippen LogP contribution < -0.4 is 5.32 Å². The highest BCUT2D eigenvalue weighted by molar-refractivity contribution is 5.31. The third-order valence-electron chi connectivity index (χ3n) is 4.61. The van der Waals surface area contributed by atoms with Crippen LogP contribution in [0.15, 0.2) is 24.5 Å². The maximum atomic E-state index is 4.32. The summed E-state index contributed by atoms with van der Waals surface area (Å²) in [5, 5.41) is 3.70. The van der Waals surface area contributed by atoms with Crippen LogP contribution in [0.1, 0.15) is 52.0 Å². The Labute approximate surface area is 110 Å². The largest absolute Gasteiger partial charge is 0.311 e. The van der Waals surface area contributed by atoms with Gasteiger partial charge in [-0.15, -0.1) is 0 Å². The Morgan fingerprint density at radius 1 is 1.28 bits per heavy atom. The van der Waals surface area contributed by atoms with Crippen LogP contribution in [0, 0.1) is 5.41 Å². The highest BCUT2D eigenvalue weighted by atomic mass is 15.0. The topological polar surface area (TPSA) is 24.9 Å². The summed E-state index contributed by atoms with van der Waals surface area (Å²) >= 11 is 0. The molecule has 1 aromatic heterocycles. The zero-order valence-corrected chi connectivity index (χ0v) is 11.8. The van der Waals surface area contributed by atoms with Crippen LogP contribution in [-0.2, 0) is 5.41 Å². The van der Waals surface area contributed by atoms with Gasteiger partial charge in [0.25, 0.3) is 0 Å². The lowest BCUT2D eigenvalue weighted by Gasteiger charge is -2.50. The molecule has 2 heteroatoms. The summed E-state index contributed by atoms with van der Waals surface area (Å²) in [6, 6.07) is 4.33. The number of aromatic nitrogens is 1. The number of hydrogen-bond acceptors (Lipinski definition) is 2. The second-order valence-electron chi connectivity index (χ2n) is 7.48. The SMILES string of the molecule is CC(C)(C)NCC1(c2cccnc2)CC2(CC2)C1. The molecule has 1 aromatic rings. The van der Waals surface area contributed by atoms with Crippen molar-refractivity contribution in [3.8, 4) is 0 Å². The molecule has 0 saturated heterocycles. The molecule has 0 bridgehead atoms. The fraction of sp³-hybridized carbons (Fsp3) is 0.688. The highest BCUT2D eigenvalue weighted by Crippen LogP contribution is 2.68. The summed E-state index contributed by atoms with van der Waals surface area (Å²) in [5.41, 5.74) is 2.69. The van der Waals surface area contributed by atoms with E-state index in [1.54, 1.807) is 0 Å². The van der Waals surface area contributed by atoms with E-state index in [2.05, 4.69) is 49.4 Å². The first-order valence-corrected chi connectivity index (χ1v) is 7.09. The molecule has 1 N–H and O–H groups in total. The minimum Gasteiger partial charge on any atom is -0.311 e. The minimum atomic E-state index is 0.196. The van der Waals surface area contributed by atoms with Crippen molar-refractivity contribution in [3.05, 3.63) is 30.1 Å². The fourth-order valence-corrected chi connectivity index (χ4v) is 3.46. The Balaban J connectivity index is 1.78. The third kappa shape index (κ3) is 2.18. The van der Waals surface area contributed by atoms with Gasteiger partial charge >= 0.3 is 0 Å². The third-order valence-corrected chi connectivity index (χ3v) is 4.61. The van der Waals surface area contributed by atoms with Crippen molar-refractivity contribution in [1.29, 1.82) is 0 Å². The first-order valence-electron chi connectivity index (χ1n) is 7.09. The van der Waals surface area contributed by atoms with E-state index in [4.69, 9.17) is 0 Å². The van der Waals surface area contributed by atoms with E-state index >= 15 is 0 Å². The number of nitrogens with zero attached hydrogens (tertiary/aromatic N) is 1. The Morgan fingerprint density at radius 3 is 2.50 bits per heavy atom. The summed E-state index contributed by atoms with van der Waals surface area (Å²) < 4.78 is 0. The van der Waals surface area contributed by atoms with Crippen molar-refractivity contribution >= 4 is 0 Å². The average molecular weight is 244 g/mol. The molecule has 2 aliphatic rings. The van der Waals surface area contributed by atoms with E-state index in [9.17, 15) is 0 Å². The van der Waals surface area contributed by atoms with Gasteiger partial charge in [0.15, 0.2) is 0 Å². The molecule has 3 rings (SSSR count). The molecular weight excluding hydrogens is 220 g/mol. The molecule has 1 heterocycles. The average Bonchev–Trinajstić information content (AvgIpc) is 3.05. The van der Waals surface area contributed by atoms with Gasteiger partial charge in [0, 0.05) is 29.9 Å². The van der Waals surface area contributed by atoms with Crippen molar-refractivity contribution in [2.24, 2.45) is 5.41 Å². The lowest BCUT2D eigenvalue weighted by Crippen LogP contribution is -2.53. The van der Waals surface area contributed by atoms with Crippen LogP contribution in [0.25, 0.3) is 0 Å². The summed E-state index contributed by atoms with van der Waals surface area (Å²) in [6.45, 7) is 7.82. The summed E-state index contributed by atoms with van der Waals surface area (Å²) in [6.07, 6.45) is 9.55. The maximum Gasteiger partial charge on any atom is 0.0306 e. The van der Waals surface area contributed by atoms with Gasteiger partial charge in [-0.25, -0.2) is 0 Å². The molecular formula is C16H24N2. The molecule has 0 aliphatic heterocycles. The minimum absolute atomic E-state index is 0.196. The Kier molecular flexibility index (Phi) is 2.57. The number of nitrogens with one attached hydrogen (secondary N) is 1. The Bertz CT molecular complexity index is 418. The predicted octanol–water partition coefficient (Wildman–Crippen LogP) is 3.28. The van der Waals surface area contributed by atoms with Crippen molar-refractivity contribution in [2.45, 2.75) is 57.4 Å². The van der Waals surface area contributed by atoms with Gasteiger partial charge in [-0.3, -0.25) is 4.98 Å². The maximum absolute atomic E-state index is 4.32. The zero-order chi connectivity index (χ0) is 12.9. The van der Waals surface area contributed by atoms with Gasteiger partial charge in [-0.05, 0) is 63.5 Å². The van der Waals surface area contributed by atoms with Gasteiger partial charge in [-0.2, -0.15) is 0 Å². The first kappa shape index (κ1) is 12.2. The number of rotatable bonds is 3. The highest BCUT2D eigenvalue weighted by Gasteiger charge is 2.61. The van der Waals surface area contributed by atoms with Crippen LogP contribution in [-0.4, -0.2) is 17.1 Å². The van der Waals surface area contributed by atoms with E-state index in [1.807, 2.05) is 6.20 Å². The molecule has 1 spiro atoms. The molecule has 2 fully saturated rings. The molecule has 2 nitrogen and oxygen atoms in total. The monoisotopic (exact) mass is 244 g/mol. The summed E-state index contributed by atoms with van der Waals surface area (Å²) in [4.78, 5) is 4.32. The second-order valence-corrected chi connectivity index (χ2v) is 7.48. The fourth-order valence-electron chi connectivity index (χ4n) is 3.46. The van der Waals surface area contributed by atoms with Crippen molar-refractivity contribution in [2.75, 3.05) is 6.54 Å². The van der Waals surface area contributed by atoms with Gasteiger partial charge in [0.05, 0.1) is 0 Å². The number of hydrogen-bond donors (Lipinski definition) is 1. The van der Waals surface area contributed by atoms with E-state index in [0.29, 0.717) is 5.41 Å². The van der Waals surface area contributed by atoms with Crippen LogP contribution in [0.3, 0.4) is 0 Å². The molecule has 0 aromatic carbocycles. The number of pyridine rings is 1. The van der Waals surface area contributed by atoms with Gasteiger partial charge in [-0.1, -0.05) is 6.07 Å². The quantitative estimate of drug-likeness (QED) is 0.882. The molecule has 2 saturated carbocycles. The molecule has 18 heavy (non-hydrogen) atoms. The van der Waals surface area contributed by atoms with Crippen molar-refractivity contribution in [3.63, 3.8) is 0 Å². The zero-order valence-electron chi connectivity index (χ0n) is 11.8. The van der Waals surface area contributed by atoms with Crippen LogP contribution in [0.4, 0.5) is 0 Å². The molecule has 0 atom stereocenters. The predicted molar refractivity (Wildman–Crippen MR) is 74.6 cm³/mol. The van der Waals surface area contributed by atoms with Gasteiger partial charge < -0.3 is 5.32 Å². The van der Waals surface area contributed by atoms with E-state index in [-0.39, 0.29) is 5.54 Å². The summed E-state index contributed by atoms with van der Waals surface area (Å²) in [7, 11) is 0. The van der Waals surface area contributed by atoms with E-state index in [1.165, 1.54) is 31.2 Å². The lowest BCUT2D eigenvalue weighted by atomic mass is 9.56. The Morgan fingerprint density at radius 2 is 2.00 bits per heavy atom. The summed E-state index contributed by atoms with van der Waals surface area (Å²) in [5.74, 6) is 0. The first-order chi connectivity index (χ1) is 8.43. The molecule has 0 unspecified atom stereocenters. The van der Waals surface area contributed by atoms with Crippen LogP contribution in [0.5, 0.6) is 0 Å². The Hall–Kier alpha value is -0.890. The van der Waals surface area contributed by atoms with Crippen LogP contribution >= 0.6 is 0 Å². The normalized spacial score (nSPS) is 23.7. The molecule has 0 radical (unpaired) electrons. The lowest BCUT2D eigenvalue weighted by molar-refractivity contribution is 0.107. The second kappa shape index (κ2) is 3.80. The van der Waals surface area contributed by atoms with E-state index in [0.717, 1.165) is 12.0 Å². The smallest absolute Gasteiger partial charge is 0.0306 e. The molecule has 98 valence electrons. The van der Waals surface area contributed by atoms with E-state index < -0.39 is 0 Å². The van der Waals surface area contributed by atoms with Gasteiger partial charge in [0.2, 0.25) is 0 Å².